The highest BCUT2D eigenvalue weighted by Gasteiger charge is 2.31. The average Bonchev–Trinajstić information content (AvgIpc) is 2.76. The first-order valence-electron chi connectivity index (χ1n) is 5.94. The number of rotatable bonds is 5. The first-order valence-corrected chi connectivity index (χ1v) is 7.76. The highest BCUT2D eigenvalue weighted by molar-refractivity contribution is 7.93. The van der Waals surface area contributed by atoms with E-state index in [0.29, 0.717) is 11.3 Å². The minimum Gasteiger partial charge on any atom is -0.363 e. The quantitative estimate of drug-likeness (QED) is 0.616. The molecule has 7 nitrogen and oxygen atoms in total. The Labute approximate surface area is 127 Å². The first kappa shape index (κ1) is 15.7. The maximum atomic E-state index is 12.7. The maximum Gasteiger partial charge on any atom is 0.270 e. The first-order chi connectivity index (χ1) is 9.89. The number of methoxy groups -OCH3 is 1. The second-order valence-electron chi connectivity index (χ2n) is 4.25. The van der Waals surface area contributed by atoms with Crippen molar-refractivity contribution in [3.05, 3.63) is 34.8 Å². The molecule has 2 aromatic rings. The molecule has 2 aromatic heterocycles. The molecule has 0 atom stereocenters. The Morgan fingerprint density at radius 3 is 2.67 bits per heavy atom. The number of hydrogen-bond acceptors (Lipinski definition) is 6. The van der Waals surface area contributed by atoms with Crippen molar-refractivity contribution in [2.45, 2.75) is 18.7 Å². The highest BCUT2D eigenvalue weighted by atomic mass is 35.5. The summed E-state index contributed by atoms with van der Waals surface area (Å²) in [6.45, 7) is 3.19. The van der Waals surface area contributed by atoms with Crippen LogP contribution in [0.5, 0.6) is 0 Å². The number of ether oxygens (including phenoxy) is 1. The molecule has 0 fully saturated rings. The lowest BCUT2D eigenvalue weighted by molar-refractivity contribution is 0.208. The van der Waals surface area contributed by atoms with Crippen LogP contribution in [0, 0.1) is 13.8 Å². The van der Waals surface area contributed by atoms with Crippen LogP contribution in [0.1, 0.15) is 11.3 Å². The predicted octanol–water partition coefficient (Wildman–Crippen LogP) is 2.14. The molecule has 114 valence electrons. The molecule has 0 spiro atoms. The Balaban J connectivity index is 2.57. The van der Waals surface area contributed by atoms with E-state index in [1.807, 2.05) is 0 Å². The van der Waals surface area contributed by atoms with Crippen LogP contribution in [-0.2, 0) is 14.8 Å². The number of sulfonamides is 1. The second kappa shape index (κ2) is 6.00. The van der Waals surface area contributed by atoms with Crippen molar-refractivity contribution in [3.8, 4) is 0 Å². The summed E-state index contributed by atoms with van der Waals surface area (Å²) in [6, 6.07) is 2.86. The van der Waals surface area contributed by atoms with Gasteiger partial charge in [0.15, 0.2) is 5.82 Å². The van der Waals surface area contributed by atoms with Crippen LogP contribution in [-0.4, -0.2) is 32.4 Å². The van der Waals surface area contributed by atoms with Gasteiger partial charge in [0.1, 0.15) is 22.5 Å². The molecule has 0 aliphatic carbocycles. The zero-order valence-electron chi connectivity index (χ0n) is 11.7. The van der Waals surface area contributed by atoms with Gasteiger partial charge in [0.25, 0.3) is 10.0 Å². The third-order valence-corrected chi connectivity index (χ3v) is 5.07. The number of aryl methyl sites for hydroxylation is 1. The molecule has 0 aliphatic heterocycles. The fraction of sp³-hybridized carbons (Fsp3) is 0.333. The summed E-state index contributed by atoms with van der Waals surface area (Å²) in [7, 11) is -2.58. The number of nitrogens with zero attached hydrogens (tertiary/aromatic N) is 3. The molecule has 0 saturated carbocycles. The molecule has 0 bridgehead atoms. The molecule has 0 aromatic carbocycles. The maximum absolute atomic E-state index is 12.7. The monoisotopic (exact) mass is 331 g/mol. The molecule has 0 amide bonds. The average molecular weight is 332 g/mol. The molecule has 0 saturated heterocycles. The Bertz CT molecular complexity index is 745. The zero-order valence-corrected chi connectivity index (χ0v) is 13.3. The standard InChI is InChI=1S/C12H14ClN3O4S/c1-8-9(2)20-15-12(8)16(7-19-3)21(17,18)10-5-4-6-14-11(10)13/h4-6H,7H2,1-3H3. The zero-order chi connectivity index (χ0) is 15.6. The Morgan fingerprint density at radius 2 is 2.14 bits per heavy atom. The Morgan fingerprint density at radius 1 is 1.43 bits per heavy atom. The van der Waals surface area contributed by atoms with Crippen LogP contribution in [0.3, 0.4) is 0 Å². The van der Waals surface area contributed by atoms with E-state index in [2.05, 4.69) is 10.1 Å². The third kappa shape index (κ3) is 2.87. The highest BCUT2D eigenvalue weighted by Crippen LogP contribution is 2.29. The molecule has 0 aliphatic rings. The predicted molar refractivity (Wildman–Crippen MR) is 76.8 cm³/mol. The van der Waals surface area contributed by atoms with Crippen molar-refractivity contribution in [3.63, 3.8) is 0 Å². The smallest absolute Gasteiger partial charge is 0.270 e. The van der Waals surface area contributed by atoms with E-state index in [9.17, 15) is 8.42 Å². The van der Waals surface area contributed by atoms with Gasteiger partial charge in [-0.2, -0.15) is 0 Å². The SMILES string of the molecule is COCN(c1noc(C)c1C)S(=O)(=O)c1cccnc1Cl. The van der Waals surface area contributed by atoms with Crippen LogP contribution >= 0.6 is 11.6 Å². The fourth-order valence-electron chi connectivity index (χ4n) is 1.68. The lowest BCUT2D eigenvalue weighted by Gasteiger charge is -2.21. The van der Waals surface area contributed by atoms with Crippen molar-refractivity contribution in [1.29, 1.82) is 0 Å². The van der Waals surface area contributed by atoms with E-state index in [1.54, 1.807) is 13.8 Å². The van der Waals surface area contributed by atoms with Gasteiger partial charge in [0.2, 0.25) is 0 Å². The third-order valence-electron chi connectivity index (χ3n) is 2.91. The molecule has 2 heterocycles. The van der Waals surface area contributed by atoms with Crippen LogP contribution in [0.15, 0.2) is 27.7 Å². The summed E-state index contributed by atoms with van der Waals surface area (Å²) in [5.74, 6) is 0.688. The van der Waals surface area contributed by atoms with Crippen LogP contribution < -0.4 is 4.31 Å². The minimum absolute atomic E-state index is 0.114. The van der Waals surface area contributed by atoms with Gasteiger partial charge in [0.05, 0.1) is 0 Å². The van der Waals surface area contributed by atoms with Gasteiger partial charge < -0.3 is 9.26 Å². The van der Waals surface area contributed by atoms with Gasteiger partial charge in [-0.1, -0.05) is 16.8 Å². The fourth-order valence-corrected chi connectivity index (χ4v) is 3.49. The molecule has 0 unspecified atom stereocenters. The lowest BCUT2D eigenvalue weighted by atomic mass is 10.3. The van der Waals surface area contributed by atoms with Crippen molar-refractivity contribution in [2.24, 2.45) is 0 Å². The normalized spacial score (nSPS) is 11.6. The summed E-state index contributed by atoms with van der Waals surface area (Å²) in [5.41, 5.74) is 0.607. The van der Waals surface area contributed by atoms with Gasteiger partial charge in [0, 0.05) is 18.9 Å². The summed E-state index contributed by atoms with van der Waals surface area (Å²) in [4.78, 5) is 3.66. The number of anilines is 1. The number of hydrogen-bond donors (Lipinski definition) is 0. The Kier molecular flexibility index (Phi) is 4.50. The van der Waals surface area contributed by atoms with Crippen LogP contribution in [0.4, 0.5) is 5.82 Å². The van der Waals surface area contributed by atoms with Crippen LogP contribution in [0.2, 0.25) is 5.15 Å². The topological polar surface area (TPSA) is 85.5 Å². The van der Waals surface area contributed by atoms with Gasteiger partial charge in [-0.3, -0.25) is 0 Å². The lowest BCUT2D eigenvalue weighted by Crippen LogP contribution is -2.34. The van der Waals surface area contributed by atoms with Gasteiger partial charge in [-0.05, 0) is 26.0 Å². The second-order valence-corrected chi connectivity index (χ2v) is 6.44. The van der Waals surface area contributed by atoms with Crippen molar-refractivity contribution >= 4 is 27.4 Å². The van der Waals surface area contributed by atoms with Crippen LogP contribution in [0.25, 0.3) is 0 Å². The van der Waals surface area contributed by atoms with Gasteiger partial charge >= 0.3 is 0 Å². The van der Waals surface area contributed by atoms with Crippen molar-refractivity contribution in [1.82, 2.24) is 10.1 Å². The van der Waals surface area contributed by atoms with Gasteiger partial charge in [-0.25, -0.2) is 17.7 Å². The molecule has 0 radical (unpaired) electrons. The molecule has 9 heteroatoms. The summed E-state index contributed by atoms with van der Waals surface area (Å²) < 4.78 is 36.5. The summed E-state index contributed by atoms with van der Waals surface area (Å²) in [6.07, 6.45) is 1.41. The molecular weight excluding hydrogens is 318 g/mol. The number of pyridine rings is 1. The van der Waals surface area contributed by atoms with E-state index >= 15 is 0 Å². The largest absolute Gasteiger partial charge is 0.363 e. The number of aromatic nitrogens is 2. The van der Waals surface area contributed by atoms with E-state index in [0.717, 1.165) is 4.31 Å². The van der Waals surface area contributed by atoms with E-state index in [4.69, 9.17) is 20.9 Å². The van der Waals surface area contributed by atoms with E-state index < -0.39 is 10.0 Å². The molecule has 2 rings (SSSR count). The Hall–Kier alpha value is -1.64. The summed E-state index contributed by atoms with van der Waals surface area (Å²) >= 11 is 5.88. The van der Waals surface area contributed by atoms with Gasteiger partial charge in [-0.15, -0.1) is 0 Å². The number of halogens is 1. The molecule has 21 heavy (non-hydrogen) atoms. The van der Waals surface area contributed by atoms with E-state index in [-0.39, 0.29) is 22.6 Å². The molecule has 0 N–H and O–H groups in total. The minimum atomic E-state index is -3.96. The van der Waals surface area contributed by atoms with Crippen molar-refractivity contribution in [2.75, 3.05) is 18.1 Å². The molecular formula is C12H14ClN3O4S. The van der Waals surface area contributed by atoms with Crippen molar-refractivity contribution < 1.29 is 17.7 Å². The summed E-state index contributed by atoms with van der Waals surface area (Å²) in [5, 5.41) is 3.67. The van der Waals surface area contributed by atoms with E-state index in [1.165, 1.54) is 25.4 Å².